The lowest BCUT2D eigenvalue weighted by Gasteiger charge is -2.29. The van der Waals surface area contributed by atoms with Crippen molar-refractivity contribution in [2.75, 3.05) is 24.5 Å². The number of aryl methyl sites for hydroxylation is 1. The second kappa shape index (κ2) is 7.13. The number of hydrogen-bond acceptors (Lipinski definition) is 7. The monoisotopic (exact) mass is 454 g/mol. The van der Waals surface area contributed by atoms with Crippen LogP contribution >= 0.6 is 11.8 Å². The van der Waals surface area contributed by atoms with Gasteiger partial charge in [-0.2, -0.15) is 4.73 Å². The Labute approximate surface area is 195 Å². The number of pyridine rings is 2. The van der Waals surface area contributed by atoms with Crippen LogP contribution in [0.4, 0.5) is 5.82 Å². The standard InChI is InChI=1S/C25H22N6OS/c1-14-4-2-5-17-18(14)9-20-23(17)24(30-12-15-10-26-21(15)13-30)29-25(28-20)33-16-8-22-19(27-11-16)6-3-7-31(22)32/h2-8,11,15,21,26H,9-10,12-13H2,1H3. The van der Waals surface area contributed by atoms with E-state index in [9.17, 15) is 5.21 Å². The Bertz CT molecular complexity index is 1430. The molecule has 2 atom stereocenters. The third-order valence-electron chi connectivity index (χ3n) is 7.15. The fourth-order valence-electron chi connectivity index (χ4n) is 5.32. The fourth-order valence-corrected chi connectivity index (χ4v) is 6.09. The SMILES string of the molecule is Cc1cccc2c1Cc1nc(Sc3cnc4ccc[n+]([O-])c4c3)nc(N3CC4CNC4C3)c1-2. The molecule has 7 rings (SSSR count). The highest BCUT2D eigenvalue weighted by Crippen LogP contribution is 2.45. The molecule has 5 heterocycles. The highest BCUT2D eigenvalue weighted by atomic mass is 32.2. The van der Waals surface area contributed by atoms with Crippen LogP contribution in [0, 0.1) is 18.0 Å². The zero-order chi connectivity index (χ0) is 22.1. The van der Waals surface area contributed by atoms with Crippen molar-refractivity contribution in [1.82, 2.24) is 20.3 Å². The largest absolute Gasteiger partial charge is 0.618 e. The van der Waals surface area contributed by atoms with E-state index in [-0.39, 0.29) is 0 Å². The molecule has 1 aromatic carbocycles. The van der Waals surface area contributed by atoms with Crippen LogP contribution in [0.25, 0.3) is 22.2 Å². The molecule has 3 aromatic heterocycles. The molecule has 2 aliphatic heterocycles. The highest BCUT2D eigenvalue weighted by Gasteiger charge is 2.41. The molecule has 7 nitrogen and oxygen atoms in total. The molecule has 1 aliphatic carbocycles. The van der Waals surface area contributed by atoms with Crippen molar-refractivity contribution in [1.29, 1.82) is 0 Å². The van der Waals surface area contributed by atoms with Gasteiger partial charge in [-0.1, -0.05) is 18.2 Å². The lowest BCUT2D eigenvalue weighted by molar-refractivity contribution is -0.577. The first-order valence-corrected chi connectivity index (χ1v) is 12.1. The molecule has 1 N–H and O–H groups in total. The number of fused-ring (bicyclic) bond motifs is 5. The number of nitrogens with one attached hydrogen (secondary N) is 1. The molecule has 0 bridgehead atoms. The van der Waals surface area contributed by atoms with E-state index >= 15 is 0 Å². The predicted octanol–water partition coefficient (Wildman–Crippen LogP) is 3.10. The van der Waals surface area contributed by atoms with Crippen LogP contribution in [0.1, 0.15) is 16.8 Å². The first-order chi connectivity index (χ1) is 16.1. The first-order valence-electron chi connectivity index (χ1n) is 11.3. The third-order valence-corrected chi connectivity index (χ3v) is 7.97. The zero-order valence-electron chi connectivity index (χ0n) is 18.2. The van der Waals surface area contributed by atoms with E-state index < -0.39 is 0 Å². The molecule has 33 heavy (non-hydrogen) atoms. The van der Waals surface area contributed by atoms with Crippen molar-refractivity contribution in [3.8, 4) is 11.1 Å². The van der Waals surface area contributed by atoms with Gasteiger partial charge < -0.3 is 15.4 Å². The Morgan fingerprint density at radius 3 is 2.94 bits per heavy atom. The molecule has 0 radical (unpaired) electrons. The molecular formula is C25H22N6OS. The Kier molecular flexibility index (Phi) is 4.16. The van der Waals surface area contributed by atoms with Crippen LogP contribution in [-0.2, 0) is 6.42 Å². The fraction of sp³-hybridized carbons (Fsp3) is 0.280. The summed E-state index contributed by atoms with van der Waals surface area (Å²) in [7, 11) is 0. The Morgan fingerprint density at radius 1 is 1.18 bits per heavy atom. The first kappa shape index (κ1) is 19.3. The van der Waals surface area contributed by atoms with Gasteiger partial charge in [-0.3, -0.25) is 0 Å². The lowest BCUT2D eigenvalue weighted by atomic mass is 9.96. The Morgan fingerprint density at radius 2 is 2.12 bits per heavy atom. The summed E-state index contributed by atoms with van der Waals surface area (Å²) in [6, 6.07) is 12.5. The summed E-state index contributed by atoms with van der Waals surface area (Å²) < 4.78 is 0.855. The molecule has 2 fully saturated rings. The molecule has 3 aliphatic rings. The summed E-state index contributed by atoms with van der Waals surface area (Å²) in [6.45, 7) is 5.27. The van der Waals surface area contributed by atoms with Gasteiger partial charge in [0.25, 0.3) is 0 Å². The van der Waals surface area contributed by atoms with E-state index in [2.05, 4.69) is 40.3 Å². The van der Waals surface area contributed by atoms with Crippen LogP contribution < -0.4 is 14.9 Å². The Hall–Kier alpha value is -3.23. The van der Waals surface area contributed by atoms with Crippen LogP contribution in [0.3, 0.4) is 0 Å². The molecule has 2 saturated heterocycles. The molecule has 4 aromatic rings. The number of rotatable bonds is 3. The van der Waals surface area contributed by atoms with Crippen molar-refractivity contribution in [3.05, 3.63) is 70.8 Å². The summed E-state index contributed by atoms with van der Waals surface area (Å²) in [4.78, 5) is 17.8. The number of hydrogen-bond donors (Lipinski definition) is 1. The molecule has 164 valence electrons. The summed E-state index contributed by atoms with van der Waals surface area (Å²) in [5, 5.41) is 16.5. The van der Waals surface area contributed by atoms with E-state index in [1.807, 2.05) is 12.1 Å². The molecule has 2 unspecified atom stereocenters. The molecule has 0 amide bonds. The highest BCUT2D eigenvalue weighted by molar-refractivity contribution is 7.99. The second-order valence-electron chi connectivity index (χ2n) is 9.12. The normalized spacial score (nSPS) is 20.5. The molecule has 8 heteroatoms. The van der Waals surface area contributed by atoms with Crippen LogP contribution in [-0.4, -0.2) is 40.6 Å². The molecule has 0 spiro atoms. The van der Waals surface area contributed by atoms with Crippen molar-refractivity contribution in [3.63, 3.8) is 0 Å². The van der Waals surface area contributed by atoms with Crippen molar-refractivity contribution < 1.29 is 4.73 Å². The molecule has 0 saturated carbocycles. The lowest BCUT2D eigenvalue weighted by Crippen LogP contribution is -2.51. The van der Waals surface area contributed by atoms with Gasteiger partial charge in [0.1, 0.15) is 11.3 Å². The average Bonchev–Trinajstić information content (AvgIpc) is 3.32. The topological polar surface area (TPSA) is 80.9 Å². The summed E-state index contributed by atoms with van der Waals surface area (Å²) in [5.74, 6) is 1.73. The van der Waals surface area contributed by atoms with Gasteiger partial charge in [0.05, 0.1) is 5.69 Å². The predicted molar refractivity (Wildman–Crippen MR) is 127 cm³/mol. The van der Waals surface area contributed by atoms with Gasteiger partial charge in [0.15, 0.2) is 11.4 Å². The van der Waals surface area contributed by atoms with Gasteiger partial charge in [-0.05, 0) is 41.4 Å². The van der Waals surface area contributed by atoms with Gasteiger partial charge in [0, 0.05) is 66.8 Å². The van der Waals surface area contributed by atoms with Crippen LogP contribution in [0.15, 0.2) is 58.8 Å². The minimum absolute atomic E-state index is 0.550. The number of benzene rings is 1. The molecular weight excluding hydrogens is 432 g/mol. The van der Waals surface area contributed by atoms with Crippen LogP contribution in [0.2, 0.25) is 0 Å². The van der Waals surface area contributed by atoms with Crippen molar-refractivity contribution >= 4 is 28.6 Å². The maximum Gasteiger partial charge on any atom is 0.243 e. The maximum atomic E-state index is 12.2. The van der Waals surface area contributed by atoms with E-state index in [0.717, 1.165) is 47.2 Å². The van der Waals surface area contributed by atoms with Crippen LogP contribution in [0.5, 0.6) is 0 Å². The second-order valence-corrected chi connectivity index (χ2v) is 10.2. The minimum atomic E-state index is 0.550. The number of anilines is 1. The van der Waals surface area contributed by atoms with E-state index in [1.165, 1.54) is 40.2 Å². The minimum Gasteiger partial charge on any atom is -0.618 e. The maximum absolute atomic E-state index is 12.2. The zero-order valence-corrected chi connectivity index (χ0v) is 19.0. The average molecular weight is 455 g/mol. The van der Waals surface area contributed by atoms with Gasteiger partial charge in [-0.15, -0.1) is 0 Å². The van der Waals surface area contributed by atoms with E-state index in [0.29, 0.717) is 28.1 Å². The van der Waals surface area contributed by atoms with Gasteiger partial charge in [0.2, 0.25) is 5.52 Å². The summed E-state index contributed by atoms with van der Waals surface area (Å²) in [6.07, 6.45) is 4.12. The van der Waals surface area contributed by atoms with E-state index in [4.69, 9.17) is 9.97 Å². The summed E-state index contributed by atoms with van der Waals surface area (Å²) in [5.41, 5.74) is 7.42. The smallest absolute Gasteiger partial charge is 0.243 e. The van der Waals surface area contributed by atoms with Crippen molar-refractivity contribution in [2.45, 2.75) is 29.4 Å². The quantitative estimate of drug-likeness (QED) is 0.255. The van der Waals surface area contributed by atoms with Gasteiger partial charge in [-0.25, -0.2) is 15.0 Å². The number of nitrogens with zero attached hydrogens (tertiary/aromatic N) is 5. The number of aromatic nitrogens is 4. The summed E-state index contributed by atoms with van der Waals surface area (Å²) >= 11 is 1.47. The van der Waals surface area contributed by atoms with Crippen molar-refractivity contribution in [2.24, 2.45) is 5.92 Å². The van der Waals surface area contributed by atoms with Gasteiger partial charge >= 0.3 is 0 Å². The van der Waals surface area contributed by atoms with E-state index in [1.54, 1.807) is 12.3 Å². The Balaban J connectivity index is 1.33. The third kappa shape index (κ3) is 3.01.